The number of aryl methyl sites for hydroxylation is 1. The van der Waals surface area contributed by atoms with Gasteiger partial charge in [-0.25, -0.2) is 0 Å². The van der Waals surface area contributed by atoms with Crippen molar-refractivity contribution in [3.63, 3.8) is 0 Å². The molecule has 1 atom stereocenters. The highest BCUT2D eigenvalue weighted by atomic mass is 32.1. The standard InChI is InChI=1S/C14H18N4O3S/c1-3-4-7-11-17-18-14(22-11)16-12(19)9(2)15-13(20)10-6-5-8-21-10/h5-6,8-9H,3-4,7H2,1-2H3,(H,15,20)(H,16,18,19). The van der Waals surface area contributed by atoms with Crippen molar-refractivity contribution < 1.29 is 14.0 Å². The molecule has 7 nitrogen and oxygen atoms in total. The Hall–Kier alpha value is -2.22. The molecule has 2 amide bonds. The van der Waals surface area contributed by atoms with Crippen LogP contribution in [0.5, 0.6) is 0 Å². The largest absolute Gasteiger partial charge is 0.459 e. The van der Waals surface area contributed by atoms with E-state index in [4.69, 9.17) is 4.42 Å². The van der Waals surface area contributed by atoms with E-state index in [0.29, 0.717) is 5.13 Å². The summed E-state index contributed by atoms with van der Waals surface area (Å²) in [4.78, 5) is 23.8. The lowest BCUT2D eigenvalue weighted by Gasteiger charge is -2.11. The fourth-order valence-electron chi connectivity index (χ4n) is 1.69. The number of nitrogens with zero attached hydrogens (tertiary/aromatic N) is 2. The van der Waals surface area contributed by atoms with Gasteiger partial charge in [0, 0.05) is 6.42 Å². The third kappa shape index (κ3) is 4.39. The first kappa shape index (κ1) is 16.2. The van der Waals surface area contributed by atoms with Crippen LogP contribution in [0.2, 0.25) is 0 Å². The number of carbonyl (C=O) groups is 2. The molecule has 2 N–H and O–H groups in total. The summed E-state index contributed by atoms with van der Waals surface area (Å²) in [5.41, 5.74) is 0. The summed E-state index contributed by atoms with van der Waals surface area (Å²) in [7, 11) is 0. The first-order valence-electron chi connectivity index (χ1n) is 7.07. The van der Waals surface area contributed by atoms with E-state index in [1.807, 2.05) is 0 Å². The first-order chi connectivity index (χ1) is 10.6. The summed E-state index contributed by atoms with van der Waals surface area (Å²) in [6.07, 6.45) is 4.38. The Labute approximate surface area is 132 Å². The second kappa shape index (κ2) is 7.69. The zero-order chi connectivity index (χ0) is 15.9. The molecule has 0 aromatic carbocycles. The minimum absolute atomic E-state index is 0.164. The normalized spacial score (nSPS) is 11.9. The second-order valence-corrected chi connectivity index (χ2v) is 5.83. The molecular formula is C14H18N4O3S. The first-order valence-corrected chi connectivity index (χ1v) is 7.89. The van der Waals surface area contributed by atoms with E-state index >= 15 is 0 Å². The lowest BCUT2D eigenvalue weighted by atomic mass is 10.3. The highest BCUT2D eigenvalue weighted by molar-refractivity contribution is 7.15. The van der Waals surface area contributed by atoms with E-state index in [-0.39, 0.29) is 11.7 Å². The molecule has 0 saturated carbocycles. The zero-order valence-corrected chi connectivity index (χ0v) is 13.3. The van der Waals surface area contributed by atoms with Crippen LogP contribution in [0.25, 0.3) is 0 Å². The molecule has 0 fully saturated rings. The van der Waals surface area contributed by atoms with Crippen molar-refractivity contribution in [2.75, 3.05) is 5.32 Å². The molecule has 0 aliphatic rings. The zero-order valence-electron chi connectivity index (χ0n) is 12.5. The van der Waals surface area contributed by atoms with Gasteiger partial charge in [-0.15, -0.1) is 10.2 Å². The van der Waals surface area contributed by atoms with Crippen LogP contribution < -0.4 is 10.6 Å². The van der Waals surface area contributed by atoms with E-state index in [1.165, 1.54) is 23.7 Å². The lowest BCUT2D eigenvalue weighted by Crippen LogP contribution is -2.41. The molecule has 2 aromatic rings. The predicted octanol–water partition coefficient (Wildman–Crippen LogP) is 2.23. The van der Waals surface area contributed by atoms with Crippen molar-refractivity contribution in [2.24, 2.45) is 0 Å². The van der Waals surface area contributed by atoms with Crippen LogP contribution in [-0.2, 0) is 11.2 Å². The van der Waals surface area contributed by atoms with Gasteiger partial charge >= 0.3 is 0 Å². The van der Waals surface area contributed by atoms with Crippen molar-refractivity contribution in [1.29, 1.82) is 0 Å². The maximum absolute atomic E-state index is 12.0. The third-order valence-electron chi connectivity index (χ3n) is 2.93. The number of aromatic nitrogens is 2. The SMILES string of the molecule is CCCCc1nnc(NC(=O)C(C)NC(=O)c2ccco2)s1. The fourth-order valence-corrected chi connectivity index (χ4v) is 2.47. The summed E-state index contributed by atoms with van der Waals surface area (Å²) in [5.74, 6) is -0.621. The minimum Gasteiger partial charge on any atom is -0.459 e. The van der Waals surface area contributed by atoms with Gasteiger partial charge in [0.15, 0.2) is 5.76 Å². The van der Waals surface area contributed by atoms with E-state index in [2.05, 4.69) is 27.8 Å². The van der Waals surface area contributed by atoms with Crippen LogP contribution in [0.4, 0.5) is 5.13 Å². The molecule has 0 saturated heterocycles. The second-order valence-electron chi connectivity index (χ2n) is 4.77. The summed E-state index contributed by atoms with van der Waals surface area (Å²) in [6, 6.07) is 2.43. The molecule has 118 valence electrons. The Morgan fingerprint density at radius 1 is 1.41 bits per heavy atom. The number of furan rings is 1. The predicted molar refractivity (Wildman–Crippen MR) is 82.8 cm³/mol. The van der Waals surface area contributed by atoms with Gasteiger partial charge in [0.1, 0.15) is 11.0 Å². The van der Waals surface area contributed by atoms with Gasteiger partial charge in [0.25, 0.3) is 5.91 Å². The van der Waals surface area contributed by atoms with E-state index in [9.17, 15) is 9.59 Å². The maximum Gasteiger partial charge on any atom is 0.287 e. The Balaban J connectivity index is 1.85. The molecular weight excluding hydrogens is 304 g/mol. The molecule has 22 heavy (non-hydrogen) atoms. The topological polar surface area (TPSA) is 97.1 Å². The highest BCUT2D eigenvalue weighted by Crippen LogP contribution is 2.17. The van der Waals surface area contributed by atoms with Gasteiger partial charge in [-0.3, -0.25) is 14.9 Å². The molecule has 2 rings (SSSR count). The quantitative estimate of drug-likeness (QED) is 0.814. The average Bonchev–Trinajstić information content (AvgIpc) is 3.16. The Morgan fingerprint density at radius 2 is 2.23 bits per heavy atom. The van der Waals surface area contributed by atoms with Crippen LogP contribution in [0, 0.1) is 0 Å². The third-order valence-corrected chi connectivity index (χ3v) is 3.83. The van der Waals surface area contributed by atoms with Gasteiger partial charge in [0.2, 0.25) is 11.0 Å². The monoisotopic (exact) mass is 322 g/mol. The van der Waals surface area contributed by atoms with Gasteiger partial charge in [0.05, 0.1) is 6.26 Å². The molecule has 1 unspecified atom stereocenters. The number of unbranched alkanes of at least 4 members (excludes halogenated alkanes) is 1. The van der Waals surface area contributed by atoms with Crippen LogP contribution in [0.1, 0.15) is 42.3 Å². The van der Waals surface area contributed by atoms with Crippen molar-refractivity contribution in [3.8, 4) is 0 Å². The minimum atomic E-state index is -0.708. The molecule has 2 heterocycles. The number of nitrogens with one attached hydrogen (secondary N) is 2. The molecule has 0 aliphatic carbocycles. The van der Waals surface area contributed by atoms with Gasteiger partial charge < -0.3 is 9.73 Å². The van der Waals surface area contributed by atoms with Crippen LogP contribution in [0.15, 0.2) is 22.8 Å². The number of rotatable bonds is 7. The summed E-state index contributed by atoms with van der Waals surface area (Å²) >= 11 is 1.35. The van der Waals surface area contributed by atoms with E-state index in [0.717, 1.165) is 24.3 Å². The molecule has 0 aliphatic heterocycles. The van der Waals surface area contributed by atoms with E-state index in [1.54, 1.807) is 13.0 Å². The molecule has 8 heteroatoms. The van der Waals surface area contributed by atoms with Crippen LogP contribution in [0.3, 0.4) is 0 Å². The van der Waals surface area contributed by atoms with Crippen molar-refractivity contribution >= 4 is 28.3 Å². The average molecular weight is 322 g/mol. The Morgan fingerprint density at radius 3 is 2.91 bits per heavy atom. The highest BCUT2D eigenvalue weighted by Gasteiger charge is 2.19. The molecule has 0 radical (unpaired) electrons. The summed E-state index contributed by atoms with van der Waals surface area (Å²) < 4.78 is 4.97. The number of amides is 2. The van der Waals surface area contributed by atoms with Crippen molar-refractivity contribution in [2.45, 2.75) is 39.2 Å². The van der Waals surface area contributed by atoms with Crippen LogP contribution >= 0.6 is 11.3 Å². The molecule has 2 aromatic heterocycles. The maximum atomic E-state index is 12.0. The van der Waals surface area contributed by atoms with Crippen molar-refractivity contribution in [1.82, 2.24) is 15.5 Å². The number of anilines is 1. The fraction of sp³-hybridized carbons (Fsp3) is 0.429. The van der Waals surface area contributed by atoms with Gasteiger partial charge in [-0.05, 0) is 25.5 Å². The lowest BCUT2D eigenvalue weighted by molar-refractivity contribution is -0.117. The van der Waals surface area contributed by atoms with Gasteiger partial charge in [-0.2, -0.15) is 0 Å². The van der Waals surface area contributed by atoms with Crippen molar-refractivity contribution in [3.05, 3.63) is 29.2 Å². The van der Waals surface area contributed by atoms with E-state index < -0.39 is 11.9 Å². The van der Waals surface area contributed by atoms with Crippen LogP contribution in [-0.4, -0.2) is 28.1 Å². The summed E-state index contributed by atoms with van der Waals surface area (Å²) in [5, 5.41) is 14.5. The Bertz CT molecular complexity index is 624. The summed E-state index contributed by atoms with van der Waals surface area (Å²) in [6.45, 7) is 3.70. The Kier molecular flexibility index (Phi) is 5.65. The smallest absolute Gasteiger partial charge is 0.287 e. The van der Waals surface area contributed by atoms with Gasteiger partial charge in [-0.1, -0.05) is 24.7 Å². The molecule has 0 bridgehead atoms. The number of carbonyl (C=O) groups excluding carboxylic acids is 2. The number of hydrogen-bond acceptors (Lipinski definition) is 6. The number of hydrogen-bond donors (Lipinski definition) is 2. The molecule has 0 spiro atoms.